The maximum Gasteiger partial charge on any atom is 0.227 e. The lowest BCUT2D eigenvalue weighted by molar-refractivity contribution is -0.141. The monoisotopic (exact) mass is 362 g/mol. The van der Waals surface area contributed by atoms with Crippen LogP contribution in [0.4, 0.5) is 0 Å². The largest absolute Gasteiger partial charge is 0.342 e. The zero-order valence-electron chi connectivity index (χ0n) is 14.8. The minimum atomic E-state index is -0.110. The summed E-state index contributed by atoms with van der Waals surface area (Å²) in [4.78, 5) is 41.9. The van der Waals surface area contributed by atoms with Crippen LogP contribution in [0.25, 0.3) is 0 Å². The number of Topliss-reactive ketones (excluding diaryl/α,β-unsaturated/α-hetero) is 1. The van der Waals surface area contributed by atoms with Crippen LogP contribution in [0.1, 0.15) is 55.1 Å². The second-order valence-electron chi connectivity index (χ2n) is 6.96. The normalized spacial score (nSPS) is 23.7. The van der Waals surface area contributed by atoms with Gasteiger partial charge in [0.1, 0.15) is 0 Å². The van der Waals surface area contributed by atoms with E-state index in [-0.39, 0.29) is 29.6 Å². The number of likely N-dealkylation sites (tertiary alicyclic amines) is 2. The van der Waals surface area contributed by atoms with Gasteiger partial charge in [0.15, 0.2) is 5.78 Å². The highest BCUT2D eigenvalue weighted by Gasteiger charge is 2.36. The number of carbonyl (C=O) groups excluding carboxylic acids is 3. The van der Waals surface area contributed by atoms with Crippen LogP contribution >= 0.6 is 11.3 Å². The molecule has 3 rings (SSSR count). The Hall–Kier alpha value is -1.69. The minimum Gasteiger partial charge on any atom is -0.342 e. The number of nitrogens with zero attached hydrogens (tertiary/aromatic N) is 2. The number of hydrogen-bond donors (Lipinski definition) is 0. The number of piperidine rings is 1. The molecule has 5 nitrogen and oxygen atoms in total. The van der Waals surface area contributed by atoms with Gasteiger partial charge in [0, 0.05) is 38.5 Å². The second-order valence-corrected chi connectivity index (χ2v) is 7.91. The van der Waals surface area contributed by atoms with Gasteiger partial charge in [-0.3, -0.25) is 14.4 Å². The Balaban J connectivity index is 1.62. The molecule has 0 spiro atoms. The van der Waals surface area contributed by atoms with Crippen LogP contribution in [-0.4, -0.2) is 53.1 Å². The molecule has 2 fully saturated rings. The van der Waals surface area contributed by atoms with Crippen molar-refractivity contribution in [3.05, 3.63) is 22.4 Å². The van der Waals surface area contributed by atoms with Gasteiger partial charge in [0.2, 0.25) is 11.8 Å². The fourth-order valence-electron chi connectivity index (χ4n) is 3.95. The van der Waals surface area contributed by atoms with E-state index in [9.17, 15) is 14.4 Å². The maximum absolute atomic E-state index is 13.0. The van der Waals surface area contributed by atoms with E-state index >= 15 is 0 Å². The van der Waals surface area contributed by atoms with Crippen molar-refractivity contribution in [1.29, 1.82) is 0 Å². The summed E-state index contributed by atoms with van der Waals surface area (Å²) in [5, 5.41) is 1.91. The van der Waals surface area contributed by atoms with Gasteiger partial charge in [0.05, 0.1) is 10.8 Å². The number of rotatable bonds is 5. The minimum absolute atomic E-state index is 0.0133. The molecule has 2 atom stereocenters. The Bertz CT molecular complexity index is 629. The first-order chi connectivity index (χ1) is 12.1. The van der Waals surface area contributed by atoms with Crippen molar-refractivity contribution >= 4 is 28.9 Å². The standard InChI is InChI=1S/C19H26N2O3S/c1-2-18(23)20-9-3-6-14(13-20)19(24)21-10-4-7-15(21)12-16(22)17-8-5-11-25-17/h5,8,11,14-15H,2-4,6-7,9-10,12-13H2,1H3. The molecule has 25 heavy (non-hydrogen) atoms. The van der Waals surface area contributed by atoms with Gasteiger partial charge in [-0.2, -0.15) is 0 Å². The summed E-state index contributed by atoms with van der Waals surface area (Å²) in [7, 11) is 0. The first-order valence-corrected chi connectivity index (χ1v) is 10.1. The van der Waals surface area contributed by atoms with Crippen molar-refractivity contribution in [3.63, 3.8) is 0 Å². The Labute approximate surface area is 153 Å². The lowest BCUT2D eigenvalue weighted by Gasteiger charge is -2.35. The topological polar surface area (TPSA) is 57.7 Å². The zero-order chi connectivity index (χ0) is 17.8. The van der Waals surface area contributed by atoms with E-state index in [1.54, 1.807) is 0 Å². The molecule has 0 saturated carbocycles. The number of ketones is 1. The fraction of sp³-hybridized carbons (Fsp3) is 0.632. The number of hydrogen-bond acceptors (Lipinski definition) is 4. The van der Waals surface area contributed by atoms with Crippen molar-refractivity contribution in [2.24, 2.45) is 5.92 Å². The number of carbonyl (C=O) groups is 3. The van der Waals surface area contributed by atoms with Crippen LogP contribution in [-0.2, 0) is 9.59 Å². The quantitative estimate of drug-likeness (QED) is 0.757. The Morgan fingerprint density at radius 1 is 1.20 bits per heavy atom. The summed E-state index contributed by atoms with van der Waals surface area (Å²) in [5.41, 5.74) is 0. The average Bonchev–Trinajstić information content (AvgIpc) is 3.32. The lowest BCUT2D eigenvalue weighted by atomic mass is 9.95. The fourth-order valence-corrected chi connectivity index (χ4v) is 4.63. The summed E-state index contributed by atoms with van der Waals surface area (Å²) in [5.74, 6) is 0.284. The van der Waals surface area contributed by atoms with Crippen LogP contribution in [0.15, 0.2) is 17.5 Å². The predicted molar refractivity (Wildman–Crippen MR) is 97.6 cm³/mol. The molecule has 0 bridgehead atoms. The highest BCUT2D eigenvalue weighted by atomic mass is 32.1. The third-order valence-corrected chi connectivity index (χ3v) is 6.21. The Kier molecular flexibility index (Phi) is 5.89. The third kappa shape index (κ3) is 4.11. The van der Waals surface area contributed by atoms with Crippen LogP contribution in [0.2, 0.25) is 0 Å². The molecule has 2 unspecified atom stereocenters. The molecule has 3 heterocycles. The molecule has 1 aromatic heterocycles. The summed E-state index contributed by atoms with van der Waals surface area (Å²) in [6.07, 6.45) is 4.48. The van der Waals surface area contributed by atoms with Crippen molar-refractivity contribution in [3.8, 4) is 0 Å². The third-order valence-electron chi connectivity index (χ3n) is 5.30. The smallest absolute Gasteiger partial charge is 0.227 e. The van der Waals surface area contributed by atoms with Crippen LogP contribution in [0.5, 0.6) is 0 Å². The molecule has 2 amide bonds. The second kappa shape index (κ2) is 8.13. The van der Waals surface area contributed by atoms with E-state index in [2.05, 4.69) is 0 Å². The Morgan fingerprint density at radius 3 is 2.72 bits per heavy atom. The summed E-state index contributed by atoms with van der Waals surface area (Å²) in [6.45, 7) is 3.89. The molecule has 1 aromatic rings. The summed E-state index contributed by atoms with van der Waals surface area (Å²) < 4.78 is 0. The Morgan fingerprint density at radius 2 is 2.00 bits per heavy atom. The van der Waals surface area contributed by atoms with Crippen molar-refractivity contribution in [2.75, 3.05) is 19.6 Å². The molecule has 136 valence electrons. The molecular weight excluding hydrogens is 336 g/mol. The first kappa shape index (κ1) is 18.1. The number of amides is 2. The van der Waals surface area contributed by atoms with Crippen LogP contribution in [0, 0.1) is 5.92 Å². The molecule has 0 aliphatic carbocycles. The van der Waals surface area contributed by atoms with Crippen molar-refractivity contribution in [1.82, 2.24) is 9.80 Å². The van der Waals surface area contributed by atoms with Gasteiger partial charge in [-0.05, 0) is 37.1 Å². The highest BCUT2D eigenvalue weighted by Crippen LogP contribution is 2.27. The van der Waals surface area contributed by atoms with Gasteiger partial charge in [-0.15, -0.1) is 11.3 Å². The van der Waals surface area contributed by atoms with Crippen molar-refractivity contribution in [2.45, 2.75) is 51.5 Å². The molecule has 2 aliphatic heterocycles. The van der Waals surface area contributed by atoms with Gasteiger partial charge < -0.3 is 9.80 Å². The van der Waals surface area contributed by atoms with E-state index in [0.29, 0.717) is 19.4 Å². The molecule has 2 aliphatic rings. The van der Waals surface area contributed by atoms with Gasteiger partial charge in [-0.25, -0.2) is 0 Å². The molecule has 0 aromatic carbocycles. The average molecular weight is 362 g/mol. The molecule has 0 N–H and O–H groups in total. The van der Waals surface area contributed by atoms with Crippen LogP contribution in [0.3, 0.4) is 0 Å². The molecule has 0 radical (unpaired) electrons. The number of thiophene rings is 1. The van der Waals surface area contributed by atoms with Gasteiger partial charge in [-0.1, -0.05) is 13.0 Å². The molecule has 6 heteroatoms. The van der Waals surface area contributed by atoms with E-state index in [1.165, 1.54) is 11.3 Å². The van der Waals surface area contributed by atoms with Crippen LogP contribution < -0.4 is 0 Å². The highest BCUT2D eigenvalue weighted by molar-refractivity contribution is 7.12. The lowest BCUT2D eigenvalue weighted by Crippen LogP contribution is -2.48. The first-order valence-electron chi connectivity index (χ1n) is 9.25. The van der Waals surface area contributed by atoms with E-state index in [1.807, 2.05) is 34.2 Å². The SMILES string of the molecule is CCC(=O)N1CCCC(C(=O)N2CCCC2CC(=O)c2cccs2)C1. The van der Waals surface area contributed by atoms with Gasteiger partial charge in [0.25, 0.3) is 0 Å². The summed E-state index contributed by atoms with van der Waals surface area (Å²) >= 11 is 1.46. The molecule has 2 saturated heterocycles. The van der Waals surface area contributed by atoms with E-state index in [0.717, 1.165) is 43.6 Å². The van der Waals surface area contributed by atoms with Crippen molar-refractivity contribution < 1.29 is 14.4 Å². The molecular formula is C19H26N2O3S. The van der Waals surface area contributed by atoms with E-state index in [4.69, 9.17) is 0 Å². The van der Waals surface area contributed by atoms with E-state index < -0.39 is 0 Å². The zero-order valence-corrected chi connectivity index (χ0v) is 15.6. The predicted octanol–water partition coefficient (Wildman–Crippen LogP) is 2.96. The summed E-state index contributed by atoms with van der Waals surface area (Å²) in [6, 6.07) is 3.75. The van der Waals surface area contributed by atoms with Gasteiger partial charge >= 0.3 is 0 Å². The maximum atomic E-state index is 13.0.